The Morgan fingerprint density at radius 2 is 1.71 bits per heavy atom. The molecule has 0 unspecified atom stereocenters. The summed E-state index contributed by atoms with van der Waals surface area (Å²) >= 11 is 1.38. The lowest BCUT2D eigenvalue weighted by molar-refractivity contribution is -0.116. The van der Waals surface area contributed by atoms with E-state index in [0.29, 0.717) is 42.1 Å². The molecule has 3 amide bonds. The third-order valence-electron chi connectivity index (χ3n) is 4.82. The molecule has 7 heteroatoms. The molecule has 0 fully saturated rings. The fraction of sp³-hybridized carbons (Fsp3) is 0.238. The molecule has 2 aromatic carbocycles. The van der Waals surface area contributed by atoms with Crippen molar-refractivity contribution in [3.63, 3.8) is 0 Å². The van der Waals surface area contributed by atoms with Crippen molar-refractivity contribution >= 4 is 45.0 Å². The lowest BCUT2D eigenvalue weighted by Crippen LogP contribution is -2.40. The summed E-state index contributed by atoms with van der Waals surface area (Å²) in [4.78, 5) is 42.8. The molecule has 1 aliphatic rings. The van der Waals surface area contributed by atoms with Crippen molar-refractivity contribution < 1.29 is 14.4 Å². The van der Waals surface area contributed by atoms with Crippen LogP contribution in [-0.2, 0) is 4.79 Å². The number of aromatic nitrogens is 1. The molecule has 0 spiro atoms. The monoisotopic (exact) mass is 393 g/mol. The Hall–Kier alpha value is -3.06. The highest BCUT2D eigenvalue weighted by Gasteiger charge is 2.31. The van der Waals surface area contributed by atoms with Gasteiger partial charge in [-0.2, -0.15) is 0 Å². The van der Waals surface area contributed by atoms with E-state index in [1.807, 2.05) is 24.3 Å². The zero-order valence-electron chi connectivity index (χ0n) is 15.2. The number of hydrogen-bond donors (Lipinski definition) is 1. The van der Waals surface area contributed by atoms with E-state index < -0.39 is 0 Å². The third-order valence-corrected chi connectivity index (χ3v) is 5.51. The Kier molecular flexibility index (Phi) is 5.16. The molecule has 1 aliphatic heterocycles. The second-order valence-electron chi connectivity index (χ2n) is 6.67. The fourth-order valence-corrected chi connectivity index (χ4v) is 4.03. The minimum atomic E-state index is -0.240. The van der Waals surface area contributed by atoms with E-state index in [1.165, 1.54) is 16.2 Å². The standard InChI is InChI=1S/C21H19N3O3S/c25-17(23-21-22-11-13-28-21)10-2-1-3-12-24-19(26)15-8-4-6-14-7-5-9-16(18(14)15)20(24)27/h4-9,11,13H,1-3,10,12H2,(H,22,23,25). The van der Waals surface area contributed by atoms with Crippen molar-refractivity contribution in [3.8, 4) is 0 Å². The molecule has 0 saturated heterocycles. The minimum Gasteiger partial charge on any atom is -0.302 e. The number of thiazole rings is 1. The summed E-state index contributed by atoms with van der Waals surface area (Å²) in [5, 5.41) is 6.80. The lowest BCUT2D eigenvalue weighted by Gasteiger charge is -2.27. The molecule has 0 saturated carbocycles. The van der Waals surface area contributed by atoms with E-state index in [-0.39, 0.29) is 17.7 Å². The van der Waals surface area contributed by atoms with Gasteiger partial charge in [0.25, 0.3) is 11.8 Å². The molecular formula is C21H19N3O3S. The number of unbranched alkanes of at least 4 members (excludes halogenated alkanes) is 2. The van der Waals surface area contributed by atoms with Gasteiger partial charge in [0.2, 0.25) is 5.91 Å². The van der Waals surface area contributed by atoms with Crippen LogP contribution in [0.4, 0.5) is 5.13 Å². The van der Waals surface area contributed by atoms with Gasteiger partial charge >= 0.3 is 0 Å². The summed E-state index contributed by atoms with van der Waals surface area (Å²) in [7, 11) is 0. The van der Waals surface area contributed by atoms with Crippen molar-refractivity contribution in [2.45, 2.75) is 25.7 Å². The second kappa shape index (κ2) is 7.90. The minimum absolute atomic E-state index is 0.0688. The first kappa shape index (κ1) is 18.3. The predicted octanol–water partition coefficient (Wildman–Crippen LogP) is 4.09. The van der Waals surface area contributed by atoms with Crippen LogP contribution in [0.5, 0.6) is 0 Å². The SMILES string of the molecule is O=C(CCCCCN1C(=O)c2cccc3cccc(c23)C1=O)Nc1nccs1. The molecule has 142 valence electrons. The zero-order chi connectivity index (χ0) is 19.5. The van der Waals surface area contributed by atoms with Crippen LogP contribution in [0.25, 0.3) is 10.8 Å². The molecule has 6 nitrogen and oxygen atoms in total. The van der Waals surface area contributed by atoms with Gasteiger partial charge in [0.05, 0.1) is 0 Å². The second-order valence-corrected chi connectivity index (χ2v) is 7.56. The predicted molar refractivity (Wildman–Crippen MR) is 109 cm³/mol. The first-order valence-electron chi connectivity index (χ1n) is 9.22. The number of hydrogen-bond acceptors (Lipinski definition) is 5. The Morgan fingerprint density at radius 1 is 1.00 bits per heavy atom. The van der Waals surface area contributed by atoms with Crippen molar-refractivity contribution in [2.24, 2.45) is 0 Å². The fourth-order valence-electron chi connectivity index (χ4n) is 3.48. The molecule has 0 aliphatic carbocycles. The summed E-state index contributed by atoms with van der Waals surface area (Å²) in [5.74, 6) is -0.549. The van der Waals surface area contributed by atoms with Gasteiger partial charge in [0, 0.05) is 41.1 Å². The van der Waals surface area contributed by atoms with Crippen LogP contribution < -0.4 is 5.32 Å². The van der Waals surface area contributed by atoms with E-state index in [1.54, 1.807) is 23.7 Å². The van der Waals surface area contributed by atoms with Crippen molar-refractivity contribution in [1.82, 2.24) is 9.88 Å². The van der Waals surface area contributed by atoms with Crippen LogP contribution in [-0.4, -0.2) is 34.2 Å². The zero-order valence-corrected chi connectivity index (χ0v) is 16.0. The van der Waals surface area contributed by atoms with Gasteiger partial charge in [-0.05, 0) is 30.4 Å². The molecule has 2 heterocycles. The van der Waals surface area contributed by atoms with Crippen molar-refractivity contribution in [3.05, 3.63) is 59.1 Å². The van der Waals surface area contributed by atoms with Gasteiger partial charge in [-0.25, -0.2) is 4.98 Å². The van der Waals surface area contributed by atoms with Gasteiger partial charge in [0.15, 0.2) is 5.13 Å². The first-order chi connectivity index (χ1) is 13.6. The smallest absolute Gasteiger partial charge is 0.261 e. The summed E-state index contributed by atoms with van der Waals surface area (Å²) in [5.41, 5.74) is 1.16. The molecular weight excluding hydrogens is 374 g/mol. The number of amides is 3. The molecule has 1 aromatic heterocycles. The molecule has 0 radical (unpaired) electrons. The quantitative estimate of drug-likeness (QED) is 0.484. The number of imide groups is 1. The van der Waals surface area contributed by atoms with Crippen LogP contribution in [0, 0.1) is 0 Å². The largest absolute Gasteiger partial charge is 0.302 e. The molecule has 0 bridgehead atoms. The number of carbonyl (C=O) groups excluding carboxylic acids is 3. The summed E-state index contributed by atoms with van der Waals surface area (Å²) in [6.45, 7) is 0.358. The van der Waals surface area contributed by atoms with Crippen LogP contribution in [0.1, 0.15) is 46.4 Å². The number of benzene rings is 2. The highest BCUT2D eigenvalue weighted by molar-refractivity contribution is 7.13. The normalized spacial score (nSPS) is 13.2. The van der Waals surface area contributed by atoms with Crippen LogP contribution in [0.15, 0.2) is 48.0 Å². The maximum Gasteiger partial charge on any atom is 0.261 e. The Labute approximate surface area is 166 Å². The van der Waals surface area contributed by atoms with Crippen molar-refractivity contribution in [2.75, 3.05) is 11.9 Å². The van der Waals surface area contributed by atoms with E-state index in [2.05, 4.69) is 10.3 Å². The number of carbonyl (C=O) groups is 3. The number of nitrogens with one attached hydrogen (secondary N) is 1. The van der Waals surface area contributed by atoms with Gasteiger partial charge in [-0.15, -0.1) is 11.3 Å². The highest BCUT2D eigenvalue weighted by Crippen LogP contribution is 2.30. The molecule has 1 N–H and O–H groups in total. The molecule has 3 aromatic rings. The van der Waals surface area contributed by atoms with E-state index in [4.69, 9.17) is 0 Å². The maximum absolute atomic E-state index is 12.8. The van der Waals surface area contributed by atoms with Crippen LogP contribution in [0.3, 0.4) is 0 Å². The van der Waals surface area contributed by atoms with Crippen molar-refractivity contribution in [1.29, 1.82) is 0 Å². The average molecular weight is 393 g/mol. The topological polar surface area (TPSA) is 79.4 Å². The van der Waals surface area contributed by atoms with Crippen LogP contribution in [0.2, 0.25) is 0 Å². The number of anilines is 1. The number of nitrogens with zero attached hydrogens (tertiary/aromatic N) is 2. The lowest BCUT2D eigenvalue weighted by atomic mass is 9.94. The summed E-state index contributed by atoms with van der Waals surface area (Å²) in [6.07, 6.45) is 4.16. The third kappa shape index (κ3) is 3.53. The Bertz CT molecular complexity index is 995. The summed E-state index contributed by atoms with van der Waals surface area (Å²) in [6, 6.07) is 11.1. The molecule has 28 heavy (non-hydrogen) atoms. The first-order valence-corrected chi connectivity index (χ1v) is 10.1. The van der Waals surface area contributed by atoms with E-state index >= 15 is 0 Å². The highest BCUT2D eigenvalue weighted by atomic mass is 32.1. The van der Waals surface area contributed by atoms with Gasteiger partial charge in [0.1, 0.15) is 0 Å². The summed E-state index contributed by atoms with van der Waals surface area (Å²) < 4.78 is 0. The number of rotatable bonds is 7. The maximum atomic E-state index is 12.8. The average Bonchev–Trinajstić information content (AvgIpc) is 3.21. The van der Waals surface area contributed by atoms with Gasteiger partial charge in [-0.3, -0.25) is 19.3 Å². The van der Waals surface area contributed by atoms with E-state index in [0.717, 1.165) is 17.2 Å². The molecule has 4 rings (SSSR count). The van der Waals surface area contributed by atoms with E-state index in [9.17, 15) is 14.4 Å². The Morgan fingerprint density at radius 3 is 2.36 bits per heavy atom. The van der Waals surface area contributed by atoms with Gasteiger partial charge < -0.3 is 5.32 Å². The molecule has 0 atom stereocenters. The van der Waals surface area contributed by atoms with Gasteiger partial charge in [-0.1, -0.05) is 30.7 Å². The Balaban J connectivity index is 1.33. The van der Waals surface area contributed by atoms with Crippen LogP contribution >= 0.6 is 11.3 Å².